The zero-order valence-electron chi connectivity index (χ0n) is 16.5. The number of aromatic nitrogens is 1. The molecule has 2 amide bonds. The maximum absolute atomic E-state index is 12.9. The summed E-state index contributed by atoms with van der Waals surface area (Å²) >= 11 is 0. The lowest BCUT2D eigenvalue weighted by Crippen LogP contribution is -2.47. The van der Waals surface area contributed by atoms with Crippen molar-refractivity contribution in [2.75, 3.05) is 23.3 Å². The van der Waals surface area contributed by atoms with Crippen LogP contribution in [0.2, 0.25) is 0 Å². The molecule has 2 unspecified atom stereocenters. The standard InChI is InChI=1S/C22H28N4O2/c1-3-16(2)20(25-21(27)17-9-5-4-6-10-17)22(28)24-18-11-12-19(23-15-18)26-13-7-8-14-26/h4-6,9-12,15-16,20H,3,7-8,13-14H2,1-2H3,(H,24,28)(H,25,27). The summed E-state index contributed by atoms with van der Waals surface area (Å²) in [6.45, 7) is 6.02. The summed E-state index contributed by atoms with van der Waals surface area (Å²) in [7, 11) is 0. The van der Waals surface area contributed by atoms with Crippen LogP contribution < -0.4 is 15.5 Å². The van der Waals surface area contributed by atoms with E-state index in [2.05, 4.69) is 20.5 Å². The third-order valence-corrected chi connectivity index (χ3v) is 5.26. The third kappa shape index (κ3) is 4.88. The molecule has 1 aromatic heterocycles. The molecule has 0 radical (unpaired) electrons. The summed E-state index contributed by atoms with van der Waals surface area (Å²) in [6, 6.07) is 12.1. The number of carbonyl (C=O) groups is 2. The van der Waals surface area contributed by atoms with Crippen LogP contribution in [-0.4, -0.2) is 35.9 Å². The van der Waals surface area contributed by atoms with Crippen LogP contribution in [0.1, 0.15) is 43.5 Å². The fourth-order valence-electron chi connectivity index (χ4n) is 3.33. The number of amides is 2. The van der Waals surface area contributed by atoms with E-state index in [9.17, 15) is 9.59 Å². The molecule has 28 heavy (non-hydrogen) atoms. The van der Waals surface area contributed by atoms with Crippen LogP contribution in [0.25, 0.3) is 0 Å². The predicted octanol–water partition coefficient (Wildman–Crippen LogP) is 3.47. The lowest BCUT2D eigenvalue weighted by Gasteiger charge is -2.24. The number of nitrogens with zero attached hydrogens (tertiary/aromatic N) is 2. The molecule has 0 spiro atoms. The van der Waals surface area contributed by atoms with Crippen LogP contribution in [-0.2, 0) is 4.79 Å². The van der Waals surface area contributed by atoms with Crippen LogP contribution in [0.15, 0.2) is 48.7 Å². The van der Waals surface area contributed by atoms with Gasteiger partial charge in [-0.1, -0.05) is 38.5 Å². The first-order valence-corrected chi connectivity index (χ1v) is 9.96. The molecule has 6 heteroatoms. The van der Waals surface area contributed by atoms with Crippen molar-refractivity contribution in [1.82, 2.24) is 10.3 Å². The van der Waals surface area contributed by atoms with Gasteiger partial charge in [-0.15, -0.1) is 0 Å². The molecule has 0 bridgehead atoms. The fourth-order valence-corrected chi connectivity index (χ4v) is 3.33. The average molecular weight is 380 g/mol. The lowest BCUT2D eigenvalue weighted by atomic mass is 9.97. The van der Waals surface area contributed by atoms with Gasteiger partial charge >= 0.3 is 0 Å². The van der Waals surface area contributed by atoms with Gasteiger partial charge in [-0.05, 0) is 43.0 Å². The molecule has 1 aromatic carbocycles. The molecule has 2 atom stereocenters. The van der Waals surface area contributed by atoms with Crippen LogP contribution >= 0.6 is 0 Å². The van der Waals surface area contributed by atoms with Gasteiger partial charge in [0.15, 0.2) is 0 Å². The van der Waals surface area contributed by atoms with Crippen molar-refractivity contribution in [3.8, 4) is 0 Å². The highest BCUT2D eigenvalue weighted by Crippen LogP contribution is 2.19. The number of benzene rings is 1. The summed E-state index contributed by atoms with van der Waals surface area (Å²) in [5, 5.41) is 5.78. The quantitative estimate of drug-likeness (QED) is 0.771. The van der Waals surface area contributed by atoms with E-state index in [1.165, 1.54) is 12.8 Å². The predicted molar refractivity (Wildman–Crippen MR) is 111 cm³/mol. The van der Waals surface area contributed by atoms with Crippen molar-refractivity contribution in [2.45, 2.75) is 39.2 Å². The SMILES string of the molecule is CCC(C)C(NC(=O)c1ccccc1)C(=O)Nc1ccc(N2CCCC2)nc1. The van der Waals surface area contributed by atoms with Gasteiger partial charge in [-0.25, -0.2) is 4.98 Å². The molecule has 2 N–H and O–H groups in total. The van der Waals surface area contributed by atoms with Crippen molar-refractivity contribution >= 4 is 23.3 Å². The van der Waals surface area contributed by atoms with E-state index in [1.807, 2.05) is 32.0 Å². The Morgan fingerprint density at radius 2 is 1.82 bits per heavy atom. The Morgan fingerprint density at radius 3 is 2.43 bits per heavy atom. The molecule has 1 aliphatic heterocycles. The number of nitrogens with one attached hydrogen (secondary N) is 2. The zero-order valence-corrected chi connectivity index (χ0v) is 16.5. The second-order valence-electron chi connectivity index (χ2n) is 7.29. The Morgan fingerprint density at radius 1 is 1.11 bits per heavy atom. The first-order valence-electron chi connectivity index (χ1n) is 9.96. The molecular weight excluding hydrogens is 352 g/mol. The van der Waals surface area contributed by atoms with Crippen LogP contribution in [0.3, 0.4) is 0 Å². The summed E-state index contributed by atoms with van der Waals surface area (Å²) in [5.74, 6) is 0.466. The van der Waals surface area contributed by atoms with Crippen molar-refractivity contribution in [3.63, 3.8) is 0 Å². The molecule has 1 aliphatic rings. The van der Waals surface area contributed by atoms with E-state index in [1.54, 1.807) is 30.5 Å². The minimum atomic E-state index is -0.615. The van der Waals surface area contributed by atoms with Crippen LogP contribution in [0, 0.1) is 5.92 Å². The van der Waals surface area contributed by atoms with E-state index >= 15 is 0 Å². The molecule has 2 aromatic rings. The van der Waals surface area contributed by atoms with E-state index in [0.29, 0.717) is 11.3 Å². The largest absolute Gasteiger partial charge is 0.357 e. The highest BCUT2D eigenvalue weighted by Gasteiger charge is 2.26. The monoisotopic (exact) mass is 380 g/mol. The van der Waals surface area contributed by atoms with Crippen molar-refractivity contribution in [2.24, 2.45) is 5.92 Å². The molecule has 148 valence electrons. The zero-order chi connectivity index (χ0) is 19.9. The maximum atomic E-state index is 12.9. The van der Waals surface area contributed by atoms with Crippen LogP contribution in [0.4, 0.5) is 11.5 Å². The van der Waals surface area contributed by atoms with E-state index in [0.717, 1.165) is 25.3 Å². The maximum Gasteiger partial charge on any atom is 0.251 e. The molecule has 3 rings (SSSR count). The number of pyridine rings is 1. The summed E-state index contributed by atoms with van der Waals surface area (Å²) in [5.41, 5.74) is 1.18. The van der Waals surface area contributed by atoms with Crippen molar-refractivity contribution in [1.29, 1.82) is 0 Å². The van der Waals surface area contributed by atoms with Gasteiger partial charge < -0.3 is 15.5 Å². The Bertz CT molecular complexity index is 786. The van der Waals surface area contributed by atoms with Gasteiger partial charge in [-0.3, -0.25) is 9.59 Å². The molecule has 6 nitrogen and oxygen atoms in total. The topological polar surface area (TPSA) is 74.3 Å². The van der Waals surface area contributed by atoms with Gasteiger partial charge in [-0.2, -0.15) is 0 Å². The first kappa shape index (κ1) is 19.9. The summed E-state index contributed by atoms with van der Waals surface area (Å²) in [6.07, 6.45) is 4.84. The molecule has 1 saturated heterocycles. The van der Waals surface area contributed by atoms with Crippen LogP contribution in [0.5, 0.6) is 0 Å². The third-order valence-electron chi connectivity index (χ3n) is 5.26. The van der Waals surface area contributed by atoms with E-state index in [4.69, 9.17) is 0 Å². The molecular formula is C22H28N4O2. The normalized spacial score (nSPS) is 15.7. The minimum Gasteiger partial charge on any atom is -0.357 e. The highest BCUT2D eigenvalue weighted by molar-refractivity contribution is 6.01. The smallest absolute Gasteiger partial charge is 0.251 e. The molecule has 1 fully saturated rings. The second kappa shape index (κ2) is 9.35. The van der Waals surface area contributed by atoms with Gasteiger partial charge in [0.1, 0.15) is 11.9 Å². The van der Waals surface area contributed by atoms with E-state index in [-0.39, 0.29) is 17.7 Å². The van der Waals surface area contributed by atoms with Gasteiger partial charge in [0.05, 0.1) is 11.9 Å². The molecule has 0 aliphatic carbocycles. The number of anilines is 2. The average Bonchev–Trinajstić information content (AvgIpc) is 3.27. The summed E-state index contributed by atoms with van der Waals surface area (Å²) in [4.78, 5) is 32.1. The number of hydrogen-bond acceptors (Lipinski definition) is 4. The Hall–Kier alpha value is -2.89. The Balaban J connectivity index is 1.66. The fraction of sp³-hybridized carbons (Fsp3) is 0.409. The number of hydrogen-bond donors (Lipinski definition) is 2. The Labute approximate surface area is 166 Å². The van der Waals surface area contributed by atoms with Gasteiger partial charge in [0, 0.05) is 18.7 Å². The van der Waals surface area contributed by atoms with Crippen molar-refractivity contribution < 1.29 is 9.59 Å². The Kier molecular flexibility index (Phi) is 6.63. The van der Waals surface area contributed by atoms with Gasteiger partial charge in [0.2, 0.25) is 5.91 Å². The lowest BCUT2D eigenvalue weighted by molar-refractivity contribution is -0.119. The summed E-state index contributed by atoms with van der Waals surface area (Å²) < 4.78 is 0. The second-order valence-corrected chi connectivity index (χ2v) is 7.29. The van der Waals surface area contributed by atoms with Crippen molar-refractivity contribution in [3.05, 3.63) is 54.2 Å². The van der Waals surface area contributed by atoms with Gasteiger partial charge in [0.25, 0.3) is 5.91 Å². The number of rotatable bonds is 7. The first-order chi connectivity index (χ1) is 13.6. The highest BCUT2D eigenvalue weighted by atomic mass is 16.2. The molecule has 2 heterocycles. The van der Waals surface area contributed by atoms with E-state index < -0.39 is 6.04 Å². The minimum absolute atomic E-state index is 0.00416. The number of carbonyl (C=O) groups excluding carboxylic acids is 2. The molecule has 0 saturated carbocycles.